The Kier molecular flexibility index (Phi) is 5.46. The van der Waals surface area contributed by atoms with Crippen LogP contribution in [0, 0.1) is 6.92 Å². The number of nitrogens with one attached hydrogen (secondary N) is 3. The summed E-state index contributed by atoms with van der Waals surface area (Å²) in [5.41, 5.74) is 8.63. The Morgan fingerprint density at radius 1 is 1.12 bits per heavy atom. The van der Waals surface area contributed by atoms with Crippen LogP contribution in [0.1, 0.15) is 23.6 Å². The molecule has 0 saturated carbocycles. The van der Waals surface area contributed by atoms with Gasteiger partial charge in [-0.05, 0) is 31.0 Å². The topological polar surface area (TPSA) is 62.4 Å². The molecule has 2 atom stereocenters. The van der Waals surface area contributed by atoms with Crippen molar-refractivity contribution in [1.82, 2.24) is 16.2 Å². The number of hydrogen-bond donors (Lipinski definition) is 3. The van der Waals surface area contributed by atoms with E-state index in [2.05, 4.69) is 28.3 Å². The molecule has 3 N–H and O–H groups in total. The van der Waals surface area contributed by atoms with Crippen molar-refractivity contribution in [1.29, 1.82) is 0 Å². The van der Waals surface area contributed by atoms with Gasteiger partial charge in [0, 0.05) is 6.04 Å². The SMILES string of the molecule is Cc1ccc(OCCNC(=O)C2CC(c3ccccc3)NN2)cc1. The zero-order valence-electron chi connectivity index (χ0n) is 13.8. The number of amides is 1. The van der Waals surface area contributed by atoms with E-state index in [0.29, 0.717) is 13.2 Å². The Labute approximate surface area is 142 Å². The number of carbonyl (C=O) groups excluding carboxylic acids is 1. The first-order valence-electron chi connectivity index (χ1n) is 8.25. The lowest BCUT2D eigenvalue weighted by molar-refractivity contribution is -0.123. The molecule has 2 aromatic carbocycles. The van der Waals surface area contributed by atoms with Crippen LogP contribution in [0.5, 0.6) is 5.75 Å². The third-order valence-electron chi connectivity index (χ3n) is 4.11. The lowest BCUT2D eigenvalue weighted by Gasteiger charge is -2.11. The van der Waals surface area contributed by atoms with Crippen molar-refractivity contribution >= 4 is 5.91 Å². The smallest absolute Gasteiger partial charge is 0.238 e. The van der Waals surface area contributed by atoms with Crippen LogP contribution in [0.2, 0.25) is 0 Å². The van der Waals surface area contributed by atoms with Gasteiger partial charge in [-0.25, -0.2) is 10.9 Å². The minimum absolute atomic E-state index is 0.00608. The summed E-state index contributed by atoms with van der Waals surface area (Å²) in [6, 6.07) is 17.9. The molecule has 1 fully saturated rings. The van der Waals surface area contributed by atoms with Crippen LogP contribution in [0.25, 0.3) is 0 Å². The fourth-order valence-electron chi connectivity index (χ4n) is 2.73. The summed E-state index contributed by atoms with van der Waals surface area (Å²) in [5.74, 6) is 0.813. The Morgan fingerprint density at radius 2 is 1.88 bits per heavy atom. The molecule has 5 nitrogen and oxygen atoms in total. The number of aryl methyl sites for hydroxylation is 1. The van der Waals surface area contributed by atoms with Crippen LogP contribution in [0.3, 0.4) is 0 Å². The highest BCUT2D eigenvalue weighted by atomic mass is 16.5. The van der Waals surface area contributed by atoms with Crippen molar-refractivity contribution in [3.8, 4) is 5.75 Å². The van der Waals surface area contributed by atoms with Gasteiger partial charge in [-0.3, -0.25) is 4.79 Å². The number of rotatable bonds is 6. The molecular weight excluding hydrogens is 302 g/mol. The molecule has 0 bridgehead atoms. The molecule has 24 heavy (non-hydrogen) atoms. The fraction of sp³-hybridized carbons (Fsp3) is 0.316. The van der Waals surface area contributed by atoms with E-state index in [-0.39, 0.29) is 18.0 Å². The highest BCUT2D eigenvalue weighted by Crippen LogP contribution is 2.21. The first-order chi connectivity index (χ1) is 11.7. The second-order valence-corrected chi connectivity index (χ2v) is 5.99. The second-order valence-electron chi connectivity index (χ2n) is 5.99. The summed E-state index contributed by atoms with van der Waals surface area (Å²) in [7, 11) is 0. The van der Waals surface area contributed by atoms with Gasteiger partial charge < -0.3 is 10.1 Å². The standard InChI is InChI=1S/C19H23N3O2/c1-14-7-9-16(10-8-14)24-12-11-20-19(23)18-13-17(21-22-18)15-5-3-2-4-6-15/h2-10,17-18,21-22H,11-13H2,1H3,(H,20,23). The van der Waals surface area contributed by atoms with Gasteiger partial charge >= 0.3 is 0 Å². The molecule has 0 aromatic heterocycles. The van der Waals surface area contributed by atoms with Crippen LogP contribution in [-0.2, 0) is 4.79 Å². The average molecular weight is 325 g/mol. The summed E-state index contributed by atoms with van der Waals surface area (Å²) in [4.78, 5) is 12.2. The van der Waals surface area contributed by atoms with Crippen molar-refractivity contribution in [3.05, 3.63) is 65.7 Å². The number of hydrazine groups is 1. The van der Waals surface area contributed by atoms with Gasteiger partial charge in [0.25, 0.3) is 0 Å². The lowest BCUT2D eigenvalue weighted by Crippen LogP contribution is -2.44. The Morgan fingerprint density at radius 3 is 2.62 bits per heavy atom. The minimum Gasteiger partial charge on any atom is -0.492 e. The maximum absolute atomic E-state index is 12.2. The van der Waals surface area contributed by atoms with Gasteiger partial charge in [0.1, 0.15) is 18.4 Å². The molecule has 1 saturated heterocycles. The molecule has 126 valence electrons. The molecule has 1 heterocycles. The molecule has 0 aliphatic carbocycles. The zero-order chi connectivity index (χ0) is 16.8. The van der Waals surface area contributed by atoms with Gasteiger partial charge in [0.05, 0.1) is 6.54 Å². The largest absolute Gasteiger partial charge is 0.492 e. The minimum atomic E-state index is -0.227. The zero-order valence-corrected chi connectivity index (χ0v) is 13.8. The third-order valence-corrected chi connectivity index (χ3v) is 4.11. The molecule has 2 aromatic rings. The fourth-order valence-corrected chi connectivity index (χ4v) is 2.73. The molecule has 5 heteroatoms. The molecule has 3 rings (SSSR count). The van der Waals surface area contributed by atoms with Crippen LogP contribution in [-0.4, -0.2) is 25.1 Å². The first kappa shape index (κ1) is 16.5. The molecule has 2 unspecified atom stereocenters. The van der Waals surface area contributed by atoms with Gasteiger partial charge in [-0.15, -0.1) is 0 Å². The summed E-state index contributed by atoms with van der Waals surface area (Å²) >= 11 is 0. The van der Waals surface area contributed by atoms with E-state index in [1.165, 1.54) is 11.1 Å². The lowest BCUT2D eigenvalue weighted by atomic mass is 10.0. The number of ether oxygens (including phenoxy) is 1. The Bertz CT molecular complexity index is 658. The maximum Gasteiger partial charge on any atom is 0.238 e. The third kappa shape index (κ3) is 4.34. The van der Waals surface area contributed by atoms with E-state index < -0.39 is 0 Å². The highest BCUT2D eigenvalue weighted by Gasteiger charge is 2.29. The molecule has 1 amide bonds. The van der Waals surface area contributed by atoms with Gasteiger partial charge in [0.15, 0.2) is 0 Å². The number of benzene rings is 2. The van der Waals surface area contributed by atoms with Crippen LogP contribution >= 0.6 is 0 Å². The summed E-state index contributed by atoms with van der Waals surface area (Å²) < 4.78 is 5.61. The number of hydrogen-bond acceptors (Lipinski definition) is 4. The summed E-state index contributed by atoms with van der Waals surface area (Å²) in [5, 5.41) is 2.91. The van der Waals surface area contributed by atoms with Gasteiger partial charge in [0.2, 0.25) is 5.91 Å². The van der Waals surface area contributed by atoms with Crippen molar-refractivity contribution in [2.45, 2.75) is 25.4 Å². The molecule has 0 radical (unpaired) electrons. The quantitative estimate of drug-likeness (QED) is 0.712. The highest BCUT2D eigenvalue weighted by molar-refractivity contribution is 5.82. The maximum atomic E-state index is 12.2. The predicted molar refractivity (Wildman–Crippen MR) is 93.5 cm³/mol. The van der Waals surface area contributed by atoms with E-state index in [9.17, 15) is 4.79 Å². The number of carbonyl (C=O) groups is 1. The van der Waals surface area contributed by atoms with Crippen LogP contribution in [0.15, 0.2) is 54.6 Å². The summed E-state index contributed by atoms with van der Waals surface area (Å²) in [6.45, 7) is 2.98. The van der Waals surface area contributed by atoms with Gasteiger partial charge in [-0.2, -0.15) is 0 Å². The molecule has 0 spiro atoms. The average Bonchev–Trinajstić information content (AvgIpc) is 3.11. The summed E-state index contributed by atoms with van der Waals surface area (Å²) in [6.07, 6.45) is 0.731. The van der Waals surface area contributed by atoms with E-state index in [1.54, 1.807) is 0 Å². The predicted octanol–water partition coefficient (Wildman–Crippen LogP) is 2.10. The van der Waals surface area contributed by atoms with Crippen LogP contribution < -0.4 is 20.9 Å². The second kappa shape index (κ2) is 7.95. The van der Waals surface area contributed by atoms with Crippen molar-refractivity contribution in [2.75, 3.05) is 13.2 Å². The van der Waals surface area contributed by atoms with E-state index >= 15 is 0 Å². The Balaban J connectivity index is 1.39. The van der Waals surface area contributed by atoms with Crippen molar-refractivity contribution < 1.29 is 9.53 Å². The Hall–Kier alpha value is -2.37. The normalized spacial score (nSPS) is 19.9. The molecular formula is C19H23N3O2. The van der Waals surface area contributed by atoms with Gasteiger partial charge in [-0.1, -0.05) is 48.0 Å². The van der Waals surface area contributed by atoms with E-state index in [0.717, 1.165) is 12.2 Å². The van der Waals surface area contributed by atoms with Crippen molar-refractivity contribution in [2.24, 2.45) is 0 Å². The van der Waals surface area contributed by atoms with Crippen LogP contribution in [0.4, 0.5) is 0 Å². The monoisotopic (exact) mass is 325 g/mol. The first-order valence-corrected chi connectivity index (χ1v) is 8.25. The van der Waals surface area contributed by atoms with E-state index in [4.69, 9.17) is 4.74 Å². The van der Waals surface area contributed by atoms with E-state index in [1.807, 2.05) is 49.4 Å². The van der Waals surface area contributed by atoms with Crippen molar-refractivity contribution in [3.63, 3.8) is 0 Å². The molecule has 1 aliphatic rings. The molecule has 1 aliphatic heterocycles.